The van der Waals surface area contributed by atoms with E-state index in [2.05, 4.69) is 4.98 Å². The van der Waals surface area contributed by atoms with Gasteiger partial charge in [-0.05, 0) is 60.2 Å². The van der Waals surface area contributed by atoms with E-state index in [1.807, 2.05) is 0 Å². The zero-order valence-corrected chi connectivity index (χ0v) is 14.4. The molecule has 0 unspecified atom stereocenters. The average Bonchev–Trinajstić information content (AvgIpc) is 2.68. The fourth-order valence-electron chi connectivity index (χ4n) is 2.17. The molecule has 2 aromatic carbocycles. The van der Waals surface area contributed by atoms with Crippen molar-refractivity contribution in [1.82, 2.24) is 4.98 Å². The van der Waals surface area contributed by atoms with Crippen LogP contribution < -0.4 is 4.74 Å². The molecule has 0 atom stereocenters. The van der Waals surface area contributed by atoms with Gasteiger partial charge >= 0.3 is 5.97 Å². The number of aromatic nitrogens is 1. The van der Waals surface area contributed by atoms with Crippen LogP contribution in [0.1, 0.15) is 26.4 Å². The summed E-state index contributed by atoms with van der Waals surface area (Å²) in [5.74, 6) is -0.235. The van der Waals surface area contributed by atoms with E-state index in [1.165, 1.54) is 12.3 Å². The number of hydrogen-bond acceptors (Lipinski definition) is 4. The van der Waals surface area contributed by atoms with Crippen LogP contribution in [-0.4, -0.2) is 16.7 Å². The molecular formula is C21H14ClNO3. The standard InChI is InChI=1S/C21H14ClNO3/c22-17-9-7-16(8-10-17)20(24)13-6-15-4-11-18(12-5-15)26-21(25)19-3-1-2-14-23-19/h1-14H/b13-6+. The number of hydrogen-bond donors (Lipinski definition) is 0. The molecule has 1 aromatic heterocycles. The highest BCUT2D eigenvalue weighted by molar-refractivity contribution is 6.30. The summed E-state index contributed by atoms with van der Waals surface area (Å²) in [7, 11) is 0. The molecular weight excluding hydrogens is 350 g/mol. The van der Waals surface area contributed by atoms with Gasteiger partial charge in [-0.15, -0.1) is 0 Å². The Morgan fingerprint density at radius 1 is 0.923 bits per heavy atom. The third kappa shape index (κ3) is 4.65. The third-order valence-corrected chi connectivity index (χ3v) is 3.77. The van der Waals surface area contributed by atoms with Crippen LogP contribution in [0, 0.1) is 0 Å². The minimum atomic E-state index is -0.521. The maximum absolute atomic E-state index is 12.1. The molecule has 3 aromatic rings. The molecule has 0 aliphatic heterocycles. The molecule has 0 fully saturated rings. The molecule has 0 amide bonds. The Morgan fingerprint density at radius 3 is 2.31 bits per heavy atom. The third-order valence-electron chi connectivity index (χ3n) is 3.52. The Labute approximate surface area is 155 Å². The lowest BCUT2D eigenvalue weighted by molar-refractivity contribution is 0.0728. The fourth-order valence-corrected chi connectivity index (χ4v) is 2.30. The highest BCUT2D eigenvalue weighted by Crippen LogP contribution is 2.16. The Morgan fingerprint density at radius 2 is 1.65 bits per heavy atom. The van der Waals surface area contributed by atoms with Gasteiger partial charge in [-0.3, -0.25) is 4.79 Å². The zero-order chi connectivity index (χ0) is 18.4. The van der Waals surface area contributed by atoms with Crippen LogP contribution in [0.5, 0.6) is 5.75 Å². The predicted octanol–water partition coefficient (Wildman–Crippen LogP) is 4.85. The normalized spacial score (nSPS) is 10.7. The first kappa shape index (κ1) is 17.6. The van der Waals surface area contributed by atoms with Crippen molar-refractivity contribution in [2.75, 3.05) is 0 Å². The van der Waals surface area contributed by atoms with Gasteiger partial charge in [0, 0.05) is 16.8 Å². The highest BCUT2D eigenvalue weighted by Gasteiger charge is 2.09. The SMILES string of the molecule is O=C(/C=C/c1ccc(OC(=O)c2ccccn2)cc1)c1ccc(Cl)cc1. The summed E-state index contributed by atoms with van der Waals surface area (Å²) in [5.41, 5.74) is 1.61. The number of rotatable bonds is 5. The van der Waals surface area contributed by atoms with Crippen LogP contribution in [0.4, 0.5) is 0 Å². The molecule has 5 heteroatoms. The van der Waals surface area contributed by atoms with E-state index < -0.39 is 5.97 Å². The first-order chi connectivity index (χ1) is 12.6. The lowest BCUT2D eigenvalue weighted by Gasteiger charge is -2.03. The van der Waals surface area contributed by atoms with E-state index in [0.29, 0.717) is 16.3 Å². The van der Waals surface area contributed by atoms with Gasteiger partial charge in [0.05, 0.1) is 0 Å². The average molecular weight is 364 g/mol. The van der Waals surface area contributed by atoms with Crippen LogP contribution in [0.3, 0.4) is 0 Å². The molecule has 26 heavy (non-hydrogen) atoms. The fraction of sp³-hybridized carbons (Fsp3) is 0. The number of pyridine rings is 1. The van der Waals surface area contributed by atoms with Gasteiger partial charge in [0.15, 0.2) is 5.78 Å². The molecule has 1 heterocycles. The first-order valence-corrected chi connectivity index (χ1v) is 8.21. The summed E-state index contributed by atoms with van der Waals surface area (Å²) in [6.45, 7) is 0. The van der Waals surface area contributed by atoms with Gasteiger partial charge < -0.3 is 4.74 Å². The van der Waals surface area contributed by atoms with E-state index in [0.717, 1.165) is 5.56 Å². The van der Waals surface area contributed by atoms with Gasteiger partial charge in [0.2, 0.25) is 0 Å². The number of carbonyl (C=O) groups excluding carboxylic acids is 2. The molecule has 0 spiro atoms. The summed E-state index contributed by atoms with van der Waals surface area (Å²) in [6.07, 6.45) is 4.71. The van der Waals surface area contributed by atoms with Crippen molar-refractivity contribution in [3.8, 4) is 5.75 Å². The van der Waals surface area contributed by atoms with Crippen molar-refractivity contribution in [2.24, 2.45) is 0 Å². The second-order valence-electron chi connectivity index (χ2n) is 5.38. The van der Waals surface area contributed by atoms with Crippen molar-refractivity contribution >= 4 is 29.4 Å². The van der Waals surface area contributed by atoms with Gasteiger partial charge in [-0.2, -0.15) is 0 Å². The maximum Gasteiger partial charge on any atom is 0.362 e. The van der Waals surface area contributed by atoms with E-state index in [-0.39, 0.29) is 11.5 Å². The second-order valence-corrected chi connectivity index (χ2v) is 5.81. The highest BCUT2D eigenvalue weighted by atomic mass is 35.5. The number of ketones is 1. The van der Waals surface area contributed by atoms with Crippen molar-refractivity contribution in [3.63, 3.8) is 0 Å². The van der Waals surface area contributed by atoms with Crippen LogP contribution in [0.2, 0.25) is 5.02 Å². The molecule has 4 nitrogen and oxygen atoms in total. The smallest absolute Gasteiger partial charge is 0.362 e. The summed E-state index contributed by atoms with van der Waals surface area (Å²) in [5, 5.41) is 0.585. The van der Waals surface area contributed by atoms with Gasteiger partial charge in [0.25, 0.3) is 0 Å². The predicted molar refractivity (Wildman–Crippen MR) is 100 cm³/mol. The Bertz CT molecular complexity index is 933. The number of nitrogens with zero attached hydrogens (tertiary/aromatic N) is 1. The van der Waals surface area contributed by atoms with Crippen molar-refractivity contribution < 1.29 is 14.3 Å². The van der Waals surface area contributed by atoms with Gasteiger partial charge in [0.1, 0.15) is 11.4 Å². The summed E-state index contributed by atoms with van der Waals surface area (Å²) in [4.78, 5) is 28.0. The molecule has 0 saturated carbocycles. The molecule has 0 radical (unpaired) electrons. The topological polar surface area (TPSA) is 56.3 Å². The first-order valence-electron chi connectivity index (χ1n) is 7.83. The lowest BCUT2D eigenvalue weighted by atomic mass is 10.1. The maximum atomic E-state index is 12.1. The van der Waals surface area contributed by atoms with E-state index in [1.54, 1.807) is 72.8 Å². The minimum Gasteiger partial charge on any atom is -0.422 e. The summed E-state index contributed by atoms with van der Waals surface area (Å²) < 4.78 is 5.26. The van der Waals surface area contributed by atoms with Crippen molar-refractivity contribution in [2.45, 2.75) is 0 Å². The summed E-state index contributed by atoms with van der Waals surface area (Å²) in [6, 6.07) is 18.6. The van der Waals surface area contributed by atoms with Gasteiger partial charge in [-0.25, -0.2) is 9.78 Å². The molecule has 128 valence electrons. The van der Waals surface area contributed by atoms with Crippen LogP contribution >= 0.6 is 11.6 Å². The van der Waals surface area contributed by atoms with Crippen molar-refractivity contribution in [1.29, 1.82) is 0 Å². The molecule has 0 saturated heterocycles. The second kappa shape index (κ2) is 8.23. The molecule has 0 aliphatic rings. The van der Waals surface area contributed by atoms with Crippen LogP contribution in [-0.2, 0) is 0 Å². The van der Waals surface area contributed by atoms with E-state index in [9.17, 15) is 9.59 Å². The summed E-state index contributed by atoms with van der Waals surface area (Å²) >= 11 is 5.81. The minimum absolute atomic E-state index is 0.118. The van der Waals surface area contributed by atoms with E-state index in [4.69, 9.17) is 16.3 Å². The number of esters is 1. The van der Waals surface area contributed by atoms with Crippen LogP contribution in [0.25, 0.3) is 6.08 Å². The Hall–Kier alpha value is -3.24. The largest absolute Gasteiger partial charge is 0.422 e. The van der Waals surface area contributed by atoms with E-state index >= 15 is 0 Å². The number of ether oxygens (including phenoxy) is 1. The zero-order valence-electron chi connectivity index (χ0n) is 13.6. The lowest BCUT2D eigenvalue weighted by Crippen LogP contribution is -2.09. The number of allylic oxidation sites excluding steroid dienone is 1. The number of halogens is 1. The Balaban J connectivity index is 1.63. The number of benzene rings is 2. The quantitative estimate of drug-likeness (QED) is 0.281. The molecule has 0 aliphatic carbocycles. The van der Waals surface area contributed by atoms with Crippen LogP contribution in [0.15, 0.2) is 79.0 Å². The Kier molecular flexibility index (Phi) is 5.56. The van der Waals surface area contributed by atoms with Gasteiger partial charge in [-0.1, -0.05) is 35.9 Å². The molecule has 0 bridgehead atoms. The monoisotopic (exact) mass is 363 g/mol. The number of carbonyl (C=O) groups is 2. The van der Waals surface area contributed by atoms with Crippen molar-refractivity contribution in [3.05, 3.63) is 101 Å². The molecule has 3 rings (SSSR count). The molecule has 0 N–H and O–H groups in total.